The van der Waals surface area contributed by atoms with E-state index >= 15 is 0 Å². The molecule has 7 rings (SSSR count). The SMILES string of the molecule is CC1=C[CH]([Zr+2]([CH]2c3ccccc3-c3ccccc32)=[Si](c2ccccc2)c2ccccc2)c2ccccc21.[Cl-].[Cl-]. The molecule has 39 heavy (non-hydrogen) atoms. The van der Waals surface area contributed by atoms with Crippen LogP contribution < -0.4 is 35.2 Å². The van der Waals surface area contributed by atoms with Crippen LogP contribution in [0.25, 0.3) is 16.7 Å². The Labute approximate surface area is 251 Å². The Kier molecular flexibility index (Phi) is 8.60. The molecule has 0 fully saturated rings. The average Bonchev–Trinajstić information content (AvgIpc) is 3.48. The summed E-state index contributed by atoms with van der Waals surface area (Å²) in [7, 11) is 0. The maximum absolute atomic E-state index is 2.67. The van der Waals surface area contributed by atoms with Crippen LogP contribution in [-0.2, 0) is 20.4 Å². The zero-order chi connectivity index (χ0) is 24.8. The summed E-state index contributed by atoms with van der Waals surface area (Å²) in [5.74, 6) is 0. The first kappa shape index (κ1) is 28.1. The second-order valence-electron chi connectivity index (χ2n) is 10.1. The molecule has 0 spiro atoms. The minimum atomic E-state index is -2.48. The van der Waals surface area contributed by atoms with Crippen molar-refractivity contribution in [3.05, 3.63) is 162 Å². The van der Waals surface area contributed by atoms with Crippen molar-refractivity contribution in [1.29, 1.82) is 0 Å². The number of hydrogen-bond acceptors (Lipinski definition) is 0. The van der Waals surface area contributed by atoms with E-state index in [9.17, 15) is 0 Å². The number of halogens is 2. The Morgan fingerprint density at radius 3 is 1.41 bits per heavy atom. The van der Waals surface area contributed by atoms with Crippen LogP contribution in [-0.4, -0.2) is 5.43 Å². The fourth-order valence-electron chi connectivity index (χ4n) is 6.49. The van der Waals surface area contributed by atoms with Gasteiger partial charge < -0.3 is 24.8 Å². The van der Waals surface area contributed by atoms with E-state index in [0.29, 0.717) is 7.25 Å². The van der Waals surface area contributed by atoms with Crippen LogP contribution in [0.4, 0.5) is 0 Å². The van der Waals surface area contributed by atoms with Gasteiger partial charge in [-0.2, -0.15) is 0 Å². The van der Waals surface area contributed by atoms with Crippen LogP contribution in [0.5, 0.6) is 0 Å². The standard InChI is InChI=1S/C13H9.C12H10Si.C10H9.2ClH.Zr/c1-3-7-12-10(5-1)9-11-6-2-4-8-13(11)12;1-3-7-11(8-4-1)13-12-9-5-2-6-10-12;1-8-6-7-9-4-2-3-5-10(8)9;;;/h1-9H;1-10H;2-7H,1H3;2*1H;/q;;;;;+2/p-2. The van der Waals surface area contributed by atoms with Crippen LogP contribution >= 0.6 is 0 Å². The van der Waals surface area contributed by atoms with Crippen molar-refractivity contribution in [1.82, 2.24) is 0 Å². The van der Waals surface area contributed by atoms with Crippen LogP contribution in [0.3, 0.4) is 0 Å². The number of rotatable bonds is 4. The van der Waals surface area contributed by atoms with Gasteiger partial charge in [0.15, 0.2) is 0 Å². The summed E-state index contributed by atoms with van der Waals surface area (Å²) in [6.07, 6.45) is 2.67. The largest absolute Gasteiger partial charge is 1.00 e. The average molecular weight is 639 g/mol. The van der Waals surface area contributed by atoms with Gasteiger partial charge in [0.1, 0.15) is 0 Å². The minimum absolute atomic E-state index is 0. The quantitative estimate of drug-likeness (QED) is 0.261. The monoisotopic (exact) mass is 636 g/mol. The third-order valence-corrected chi connectivity index (χ3v) is 28.4. The number of benzene rings is 5. The van der Waals surface area contributed by atoms with E-state index in [4.69, 9.17) is 0 Å². The molecule has 0 amide bonds. The maximum Gasteiger partial charge on any atom is -1.00 e. The van der Waals surface area contributed by atoms with Gasteiger partial charge >= 0.3 is 229 Å². The molecule has 5 aromatic carbocycles. The van der Waals surface area contributed by atoms with E-state index in [-0.39, 0.29) is 24.8 Å². The predicted molar refractivity (Wildman–Crippen MR) is 154 cm³/mol. The first-order chi connectivity index (χ1) is 18.3. The smallest absolute Gasteiger partial charge is 1.00 e. The summed E-state index contributed by atoms with van der Waals surface area (Å²) < 4.78 is 1.08. The van der Waals surface area contributed by atoms with Gasteiger partial charge in [0, 0.05) is 0 Å². The van der Waals surface area contributed by atoms with Crippen molar-refractivity contribution in [2.24, 2.45) is 0 Å². The molecule has 0 heterocycles. The Bertz CT molecular complexity index is 1610. The van der Waals surface area contributed by atoms with E-state index in [1.54, 1.807) is 27.1 Å². The Morgan fingerprint density at radius 1 is 0.487 bits per heavy atom. The molecule has 2 aliphatic carbocycles. The topological polar surface area (TPSA) is 0 Å². The molecule has 0 nitrogen and oxygen atoms in total. The summed E-state index contributed by atoms with van der Waals surface area (Å²) in [5, 5.41) is 3.15. The summed E-state index contributed by atoms with van der Waals surface area (Å²) >= 11 is -2.48. The number of allylic oxidation sites excluding steroid dienone is 2. The van der Waals surface area contributed by atoms with E-state index in [1.807, 2.05) is 0 Å². The van der Waals surface area contributed by atoms with Gasteiger partial charge in [0.25, 0.3) is 0 Å². The van der Waals surface area contributed by atoms with Crippen molar-refractivity contribution in [3.8, 4) is 11.1 Å². The second kappa shape index (κ2) is 11.9. The molecule has 0 N–H and O–H groups in total. The Morgan fingerprint density at radius 2 is 0.897 bits per heavy atom. The molecule has 5 aromatic rings. The van der Waals surface area contributed by atoms with E-state index in [0.717, 1.165) is 0 Å². The molecular weight excluding hydrogens is 611 g/mol. The third-order valence-electron chi connectivity index (χ3n) is 8.03. The molecule has 0 saturated heterocycles. The first-order valence-electron chi connectivity index (χ1n) is 13.1. The third kappa shape index (κ3) is 4.87. The molecule has 4 heteroatoms. The van der Waals surface area contributed by atoms with E-state index in [2.05, 4.69) is 146 Å². The molecule has 0 saturated carbocycles. The van der Waals surface area contributed by atoms with Gasteiger partial charge in [-0.3, -0.25) is 0 Å². The van der Waals surface area contributed by atoms with Crippen molar-refractivity contribution in [2.45, 2.75) is 14.2 Å². The summed E-state index contributed by atoms with van der Waals surface area (Å²) in [4.78, 5) is 0. The van der Waals surface area contributed by atoms with Crippen molar-refractivity contribution >= 4 is 21.4 Å². The van der Waals surface area contributed by atoms with Gasteiger partial charge in [-0.15, -0.1) is 0 Å². The normalized spacial score (nSPS) is 14.5. The summed E-state index contributed by atoms with van der Waals surface area (Å²) in [6, 6.07) is 50.8. The van der Waals surface area contributed by atoms with Gasteiger partial charge in [-0.05, 0) is 0 Å². The molecular formula is C35H28Cl2SiZr. The first-order valence-corrected chi connectivity index (χ1v) is 21.1. The van der Waals surface area contributed by atoms with E-state index in [1.165, 1.54) is 22.3 Å². The second-order valence-corrected chi connectivity index (χ2v) is 24.3. The van der Waals surface area contributed by atoms with Crippen LogP contribution in [0.15, 0.2) is 140 Å². The minimum Gasteiger partial charge on any atom is -1.00 e. The van der Waals surface area contributed by atoms with Gasteiger partial charge in [0.05, 0.1) is 0 Å². The Balaban J connectivity index is 0.00000154. The number of hydrogen-bond donors (Lipinski definition) is 0. The zero-order valence-corrected chi connectivity index (χ0v) is 26.7. The number of fused-ring (bicyclic) bond motifs is 4. The van der Waals surface area contributed by atoms with Crippen LogP contribution in [0.2, 0.25) is 0 Å². The van der Waals surface area contributed by atoms with E-state index < -0.39 is 25.8 Å². The molecule has 0 radical (unpaired) electrons. The molecule has 1 unspecified atom stereocenters. The van der Waals surface area contributed by atoms with Gasteiger partial charge in [0.2, 0.25) is 0 Å². The molecule has 0 bridgehead atoms. The maximum atomic E-state index is 2.67. The van der Waals surface area contributed by atoms with Crippen LogP contribution in [0.1, 0.15) is 36.4 Å². The Hall–Kier alpha value is -2.48. The van der Waals surface area contributed by atoms with Crippen LogP contribution in [0, 0.1) is 0 Å². The van der Waals surface area contributed by atoms with Crippen molar-refractivity contribution in [3.63, 3.8) is 0 Å². The molecule has 2 aliphatic rings. The summed E-state index contributed by atoms with van der Waals surface area (Å²) in [5.41, 5.74) is 9.55. The predicted octanol–water partition coefficient (Wildman–Crippen LogP) is 1.35. The molecule has 190 valence electrons. The molecule has 1 atom stereocenters. The molecule has 0 aliphatic heterocycles. The fraction of sp³-hybridized carbons (Fsp3) is 0.0857. The fourth-order valence-corrected chi connectivity index (χ4v) is 30.5. The summed E-state index contributed by atoms with van der Waals surface area (Å²) in [6.45, 7) is 2.33. The van der Waals surface area contributed by atoms with Crippen molar-refractivity contribution in [2.75, 3.05) is 0 Å². The van der Waals surface area contributed by atoms with Gasteiger partial charge in [-0.1, -0.05) is 0 Å². The zero-order valence-electron chi connectivity index (χ0n) is 21.7. The molecule has 0 aromatic heterocycles. The van der Waals surface area contributed by atoms with Gasteiger partial charge in [-0.25, -0.2) is 0 Å². The van der Waals surface area contributed by atoms with Crippen molar-refractivity contribution < 1.29 is 45.2 Å².